The Bertz CT molecular complexity index is 499. The van der Waals surface area contributed by atoms with Crippen LogP contribution in [0.2, 0.25) is 0 Å². The van der Waals surface area contributed by atoms with Gasteiger partial charge in [-0.05, 0) is 12.0 Å². The molecule has 1 aromatic carbocycles. The lowest BCUT2D eigenvalue weighted by atomic mass is 9.81. The third-order valence-electron chi connectivity index (χ3n) is 4.60. The van der Waals surface area contributed by atoms with E-state index >= 15 is 0 Å². The topological polar surface area (TPSA) is 73.8 Å². The van der Waals surface area contributed by atoms with Crippen LogP contribution in [0.15, 0.2) is 30.3 Å². The quantitative estimate of drug-likeness (QED) is 0.738. The molecule has 1 aromatic rings. The van der Waals surface area contributed by atoms with Gasteiger partial charge in [0.05, 0.1) is 6.10 Å². The fourth-order valence-electron chi connectivity index (χ4n) is 3.46. The van der Waals surface area contributed by atoms with Crippen LogP contribution in [0, 0.1) is 0 Å². The summed E-state index contributed by atoms with van der Waals surface area (Å²) in [6, 6.07) is 9.56. The second-order valence-electron chi connectivity index (χ2n) is 5.90. The summed E-state index contributed by atoms with van der Waals surface area (Å²) in [5.41, 5.74) is 2.67. The maximum atomic E-state index is 12.4. The maximum absolute atomic E-state index is 12.4. The number of carboxylic acid groups (broad SMARTS) is 1. The molecular formula is C16H23N3O3. The zero-order valence-corrected chi connectivity index (χ0v) is 12.6. The molecule has 2 fully saturated rings. The van der Waals surface area contributed by atoms with E-state index in [1.54, 1.807) is 0 Å². The highest BCUT2D eigenvalue weighted by atomic mass is 16.7. The van der Waals surface area contributed by atoms with Crippen molar-refractivity contribution in [2.75, 3.05) is 32.7 Å². The molecule has 3 N–H and O–H groups in total. The third kappa shape index (κ3) is 2.87. The van der Waals surface area contributed by atoms with Gasteiger partial charge in [0.15, 0.2) is 0 Å². The zero-order valence-electron chi connectivity index (χ0n) is 12.6. The molecule has 6 nitrogen and oxygen atoms in total. The summed E-state index contributed by atoms with van der Waals surface area (Å²) < 4.78 is 0. The van der Waals surface area contributed by atoms with Gasteiger partial charge in [-0.25, -0.2) is 10.3 Å². The number of piperazine rings is 1. The first-order valence-electron chi connectivity index (χ1n) is 7.87. The third-order valence-corrected chi connectivity index (χ3v) is 4.60. The highest BCUT2D eigenvalue weighted by Crippen LogP contribution is 2.36. The van der Waals surface area contributed by atoms with Crippen molar-refractivity contribution in [1.29, 1.82) is 0 Å². The Hall–Kier alpha value is -1.47. The van der Waals surface area contributed by atoms with E-state index in [9.17, 15) is 9.90 Å². The van der Waals surface area contributed by atoms with E-state index in [1.165, 1.54) is 0 Å². The molecule has 3 rings (SSSR count). The molecule has 120 valence electrons. The number of rotatable bonds is 5. The minimum absolute atomic E-state index is 0.0776. The Morgan fingerprint density at radius 3 is 2.59 bits per heavy atom. The highest BCUT2D eigenvalue weighted by molar-refractivity contribution is 5.81. The van der Waals surface area contributed by atoms with Crippen LogP contribution in [0.4, 0.5) is 0 Å². The van der Waals surface area contributed by atoms with E-state index in [4.69, 9.17) is 4.84 Å². The van der Waals surface area contributed by atoms with Gasteiger partial charge in [0.25, 0.3) is 0 Å². The smallest absolute Gasteiger partial charge is 0.328 e. The molecule has 6 heteroatoms. The van der Waals surface area contributed by atoms with E-state index < -0.39 is 11.5 Å². The monoisotopic (exact) mass is 305 g/mol. The van der Waals surface area contributed by atoms with Crippen LogP contribution in [0.25, 0.3) is 0 Å². The number of nitrogens with one attached hydrogen (secondary N) is 2. The maximum Gasteiger partial charge on any atom is 0.328 e. The predicted molar refractivity (Wildman–Crippen MR) is 82.3 cm³/mol. The Morgan fingerprint density at radius 2 is 2.00 bits per heavy atom. The van der Waals surface area contributed by atoms with Crippen molar-refractivity contribution in [1.82, 2.24) is 15.7 Å². The summed E-state index contributed by atoms with van der Waals surface area (Å²) in [5, 5.41) is 13.4. The van der Waals surface area contributed by atoms with Gasteiger partial charge < -0.3 is 10.4 Å². The normalized spacial score (nSPS) is 25.7. The Labute approximate surface area is 130 Å². The molecule has 2 unspecified atom stereocenters. The average Bonchev–Trinajstić information content (AvgIpc) is 3.07. The van der Waals surface area contributed by atoms with Crippen molar-refractivity contribution in [2.24, 2.45) is 0 Å². The van der Waals surface area contributed by atoms with Crippen LogP contribution < -0.4 is 10.8 Å². The first kappa shape index (κ1) is 15.4. The number of hydrogen-bond acceptors (Lipinski definition) is 5. The SMILES string of the molecule is O=C(O)C(CC1CCNO1)(c1ccccc1)N1CCNCC1. The lowest BCUT2D eigenvalue weighted by molar-refractivity contribution is -0.157. The number of hydroxylamine groups is 1. The lowest BCUT2D eigenvalue weighted by Crippen LogP contribution is -2.59. The van der Waals surface area contributed by atoms with E-state index in [2.05, 4.69) is 15.7 Å². The summed E-state index contributed by atoms with van der Waals surface area (Å²) in [7, 11) is 0. The van der Waals surface area contributed by atoms with Crippen molar-refractivity contribution >= 4 is 5.97 Å². The number of aliphatic carboxylic acids is 1. The van der Waals surface area contributed by atoms with Crippen molar-refractivity contribution in [2.45, 2.75) is 24.5 Å². The Balaban J connectivity index is 1.98. The van der Waals surface area contributed by atoms with Crippen LogP contribution in [0.3, 0.4) is 0 Å². The number of carbonyl (C=O) groups is 1. The van der Waals surface area contributed by atoms with Crippen LogP contribution >= 0.6 is 0 Å². The lowest BCUT2D eigenvalue weighted by Gasteiger charge is -2.44. The van der Waals surface area contributed by atoms with Gasteiger partial charge in [-0.15, -0.1) is 0 Å². The van der Waals surface area contributed by atoms with Gasteiger partial charge in [0.1, 0.15) is 5.54 Å². The van der Waals surface area contributed by atoms with Crippen molar-refractivity contribution < 1.29 is 14.7 Å². The number of hydrogen-bond donors (Lipinski definition) is 3. The van der Waals surface area contributed by atoms with Gasteiger partial charge in [0, 0.05) is 39.1 Å². The molecule has 22 heavy (non-hydrogen) atoms. The summed E-state index contributed by atoms with van der Waals surface area (Å²) in [6.45, 7) is 3.84. The van der Waals surface area contributed by atoms with Gasteiger partial charge in [-0.2, -0.15) is 0 Å². The molecule has 0 bridgehead atoms. The fraction of sp³-hybridized carbons (Fsp3) is 0.562. The van der Waals surface area contributed by atoms with E-state index in [1.807, 2.05) is 30.3 Å². The van der Waals surface area contributed by atoms with E-state index in [0.717, 1.165) is 44.7 Å². The molecule has 2 heterocycles. The van der Waals surface area contributed by atoms with Gasteiger partial charge in [-0.1, -0.05) is 30.3 Å². The molecule has 2 aliphatic heterocycles. The largest absolute Gasteiger partial charge is 0.480 e. The molecule has 2 aliphatic rings. The zero-order chi connectivity index (χ0) is 15.4. The van der Waals surface area contributed by atoms with Crippen molar-refractivity contribution in [3.05, 3.63) is 35.9 Å². The van der Waals surface area contributed by atoms with Crippen LogP contribution in [0.1, 0.15) is 18.4 Å². The summed E-state index contributed by atoms with van der Waals surface area (Å²) in [5.74, 6) is -0.795. The standard InChI is InChI=1S/C16H23N3O3/c20-15(21)16(12-14-6-7-18-22-14,13-4-2-1-3-5-13)19-10-8-17-9-11-19/h1-5,14,17-18H,6-12H2,(H,20,21). The van der Waals surface area contributed by atoms with E-state index in [0.29, 0.717) is 6.42 Å². The molecule has 0 spiro atoms. The molecule has 2 saturated heterocycles. The molecule has 0 aliphatic carbocycles. The molecule has 0 aromatic heterocycles. The molecule has 0 saturated carbocycles. The average molecular weight is 305 g/mol. The number of carboxylic acids is 1. The van der Waals surface area contributed by atoms with Crippen LogP contribution in [-0.2, 0) is 15.2 Å². The molecule has 0 amide bonds. The molecule has 2 atom stereocenters. The second kappa shape index (κ2) is 6.75. The van der Waals surface area contributed by atoms with Gasteiger partial charge in [-0.3, -0.25) is 9.74 Å². The van der Waals surface area contributed by atoms with Crippen molar-refractivity contribution in [3.63, 3.8) is 0 Å². The highest BCUT2D eigenvalue weighted by Gasteiger charge is 2.48. The minimum Gasteiger partial charge on any atom is -0.480 e. The van der Waals surface area contributed by atoms with Crippen LogP contribution in [-0.4, -0.2) is 54.8 Å². The van der Waals surface area contributed by atoms with Gasteiger partial charge in [0.2, 0.25) is 0 Å². The van der Waals surface area contributed by atoms with Crippen LogP contribution in [0.5, 0.6) is 0 Å². The first-order chi connectivity index (χ1) is 10.7. The summed E-state index contributed by atoms with van der Waals surface area (Å²) in [4.78, 5) is 20.0. The number of nitrogens with zero attached hydrogens (tertiary/aromatic N) is 1. The Morgan fingerprint density at radius 1 is 1.27 bits per heavy atom. The molecular weight excluding hydrogens is 282 g/mol. The van der Waals surface area contributed by atoms with Gasteiger partial charge >= 0.3 is 5.97 Å². The number of benzene rings is 1. The Kier molecular flexibility index (Phi) is 4.73. The summed E-state index contributed by atoms with van der Waals surface area (Å²) in [6.07, 6.45) is 1.22. The summed E-state index contributed by atoms with van der Waals surface area (Å²) >= 11 is 0. The van der Waals surface area contributed by atoms with E-state index in [-0.39, 0.29) is 6.10 Å². The fourth-order valence-corrected chi connectivity index (χ4v) is 3.46. The molecule has 0 radical (unpaired) electrons. The minimum atomic E-state index is -1.03. The predicted octanol–water partition coefficient (Wildman–Crippen LogP) is 0.555. The first-order valence-corrected chi connectivity index (χ1v) is 7.87. The second-order valence-corrected chi connectivity index (χ2v) is 5.90. The van der Waals surface area contributed by atoms with Crippen molar-refractivity contribution in [3.8, 4) is 0 Å².